The lowest BCUT2D eigenvalue weighted by molar-refractivity contribution is -0.283. The lowest BCUT2D eigenvalue weighted by Gasteiger charge is -2.49. The Bertz CT molecular complexity index is 510. The summed E-state index contributed by atoms with van der Waals surface area (Å²) >= 11 is 0. The Kier molecular flexibility index (Phi) is 5.15. The van der Waals surface area contributed by atoms with Crippen molar-refractivity contribution in [1.29, 1.82) is 0 Å². The van der Waals surface area contributed by atoms with Crippen molar-refractivity contribution < 1.29 is 30.0 Å². The second kappa shape index (κ2) is 6.72. The molecule has 0 saturated carbocycles. The van der Waals surface area contributed by atoms with E-state index in [0.717, 1.165) is 5.56 Å². The lowest BCUT2D eigenvalue weighted by Crippen LogP contribution is -2.74. The summed E-state index contributed by atoms with van der Waals surface area (Å²) in [6, 6.07) is 8.93. The summed E-state index contributed by atoms with van der Waals surface area (Å²) in [4.78, 5) is 11.5. The van der Waals surface area contributed by atoms with Crippen molar-refractivity contribution in [3.05, 3.63) is 35.9 Å². The van der Waals surface area contributed by atoms with Crippen LogP contribution >= 0.6 is 0 Å². The van der Waals surface area contributed by atoms with Crippen LogP contribution in [0.5, 0.6) is 0 Å². The van der Waals surface area contributed by atoms with E-state index in [1.54, 1.807) is 24.3 Å². The molecule has 1 aromatic rings. The van der Waals surface area contributed by atoms with E-state index in [9.17, 15) is 20.1 Å². The maximum absolute atomic E-state index is 11.5. The van der Waals surface area contributed by atoms with Crippen LogP contribution in [0.15, 0.2) is 30.3 Å². The van der Waals surface area contributed by atoms with Gasteiger partial charge >= 0.3 is 0 Å². The number of rotatable bonds is 4. The summed E-state index contributed by atoms with van der Waals surface area (Å²) in [6.07, 6.45) is -5.58. The normalized spacial score (nSPS) is 35.1. The molecule has 1 aliphatic rings. The molecule has 0 unspecified atom stereocenters. The van der Waals surface area contributed by atoms with E-state index >= 15 is 0 Å². The fourth-order valence-corrected chi connectivity index (χ4v) is 2.81. The zero-order chi connectivity index (χ0) is 16.3. The van der Waals surface area contributed by atoms with E-state index < -0.39 is 42.7 Å². The van der Waals surface area contributed by atoms with Crippen LogP contribution in [0.25, 0.3) is 0 Å². The van der Waals surface area contributed by atoms with E-state index in [1.807, 2.05) is 6.07 Å². The first-order chi connectivity index (χ1) is 10.4. The molecule has 22 heavy (non-hydrogen) atoms. The molecular formula is C15H21NO6. The number of hydrogen-bond donors (Lipinski definition) is 5. The smallest absolute Gasteiger partial charge is 0.217 e. The molecule has 0 bridgehead atoms. The van der Waals surface area contributed by atoms with Crippen molar-refractivity contribution in [2.75, 3.05) is 6.61 Å². The number of amides is 1. The van der Waals surface area contributed by atoms with Crippen molar-refractivity contribution in [1.82, 2.24) is 5.32 Å². The summed E-state index contributed by atoms with van der Waals surface area (Å²) in [7, 11) is 0. The number of benzene rings is 1. The molecule has 0 aliphatic carbocycles. The Morgan fingerprint density at radius 2 is 1.91 bits per heavy atom. The Hall–Kier alpha value is -1.51. The fourth-order valence-electron chi connectivity index (χ4n) is 2.81. The summed E-state index contributed by atoms with van der Waals surface area (Å²) in [5, 5.41) is 42.5. The summed E-state index contributed by atoms with van der Waals surface area (Å²) in [6.45, 7) is 0.688. The second-order valence-electron chi connectivity index (χ2n) is 5.53. The summed E-state index contributed by atoms with van der Waals surface area (Å²) in [5.41, 5.74) is -0.856. The molecule has 1 saturated heterocycles. The Labute approximate surface area is 128 Å². The van der Waals surface area contributed by atoms with Crippen LogP contribution in [0, 0.1) is 0 Å². The number of aliphatic hydroxyl groups is 4. The van der Waals surface area contributed by atoms with Crippen LogP contribution in [0.3, 0.4) is 0 Å². The van der Waals surface area contributed by atoms with Crippen LogP contribution in [0.2, 0.25) is 0 Å². The first kappa shape index (κ1) is 16.9. The number of carbonyl (C=O) groups excluding carboxylic acids is 1. The van der Waals surface area contributed by atoms with Gasteiger partial charge in [0.2, 0.25) is 5.91 Å². The minimum absolute atomic E-state index is 0.0605. The molecule has 5 N–H and O–H groups in total. The topological polar surface area (TPSA) is 119 Å². The minimum atomic E-state index is -1.60. The molecule has 0 aromatic heterocycles. The number of hydrogen-bond acceptors (Lipinski definition) is 6. The third kappa shape index (κ3) is 3.13. The Morgan fingerprint density at radius 1 is 1.27 bits per heavy atom. The largest absolute Gasteiger partial charge is 0.394 e. The van der Waals surface area contributed by atoms with Crippen molar-refractivity contribution in [2.24, 2.45) is 0 Å². The van der Waals surface area contributed by atoms with Crippen LogP contribution in [0.4, 0.5) is 0 Å². The summed E-state index contributed by atoms with van der Waals surface area (Å²) in [5.74, 6) is -0.479. The van der Waals surface area contributed by atoms with Gasteiger partial charge in [0.1, 0.15) is 23.9 Å². The third-order valence-corrected chi connectivity index (χ3v) is 3.90. The quantitative estimate of drug-likeness (QED) is 0.463. The van der Waals surface area contributed by atoms with E-state index in [1.165, 1.54) is 6.92 Å². The van der Waals surface area contributed by atoms with E-state index in [-0.39, 0.29) is 6.42 Å². The van der Waals surface area contributed by atoms with Crippen molar-refractivity contribution in [3.8, 4) is 0 Å². The molecule has 1 aromatic carbocycles. The number of nitrogens with one attached hydrogen (secondary N) is 1. The average Bonchev–Trinajstić information content (AvgIpc) is 2.49. The number of carbonyl (C=O) groups is 1. The van der Waals surface area contributed by atoms with Gasteiger partial charge in [-0.1, -0.05) is 30.3 Å². The molecule has 1 heterocycles. The minimum Gasteiger partial charge on any atom is -0.394 e. The van der Waals surface area contributed by atoms with Crippen LogP contribution in [0.1, 0.15) is 12.5 Å². The maximum atomic E-state index is 11.5. The van der Waals surface area contributed by atoms with Crippen LogP contribution in [-0.2, 0) is 16.0 Å². The highest BCUT2D eigenvalue weighted by Gasteiger charge is 2.55. The molecular weight excluding hydrogens is 290 g/mol. The van der Waals surface area contributed by atoms with Crippen LogP contribution in [-0.4, -0.2) is 63.1 Å². The molecule has 7 nitrogen and oxygen atoms in total. The van der Waals surface area contributed by atoms with Crippen molar-refractivity contribution in [2.45, 2.75) is 43.5 Å². The molecule has 122 valence electrons. The molecule has 2 rings (SSSR count). The average molecular weight is 311 g/mol. The monoisotopic (exact) mass is 311 g/mol. The highest BCUT2D eigenvalue weighted by atomic mass is 16.6. The molecule has 0 spiro atoms. The van der Waals surface area contributed by atoms with Gasteiger partial charge in [0.15, 0.2) is 6.29 Å². The molecule has 0 radical (unpaired) electrons. The Morgan fingerprint density at radius 3 is 2.45 bits per heavy atom. The Balaban J connectivity index is 2.37. The van der Waals surface area contributed by atoms with Gasteiger partial charge in [-0.25, -0.2) is 0 Å². The van der Waals surface area contributed by atoms with Gasteiger partial charge in [-0.15, -0.1) is 0 Å². The molecule has 7 heteroatoms. The van der Waals surface area contributed by atoms with Gasteiger partial charge in [0, 0.05) is 13.3 Å². The highest BCUT2D eigenvalue weighted by molar-refractivity contribution is 5.74. The standard InChI is InChI=1S/C15H21NO6/c1-9(18)16-15(7-10-5-3-2-4-6-10)13(20)12(19)11(8-17)22-14(15)21/h2-6,11-14,17,19-21H,7-8H2,1H3,(H,16,18)/t11-,12-,13+,14-,15-/m1/s1. The number of aliphatic hydroxyl groups excluding tert-OH is 4. The fraction of sp³-hybridized carbons (Fsp3) is 0.533. The van der Waals surface area contributed by atoms with Gasteiger partial charge in [-0.3, -0.25) is 4.79 Å². The molecule has 1 fully saturated rings. The van der Waals surface area contributed by atoms with E-state index in [4.69, 9.17) is 9.84 Å². The van der Waals surface area contributed by atoms with E-state index in [2.05, 4.69) is 5.32 Å². The maximum Gasteiger partial charge on any atom is 0.217 e. The SMILES string of the molecule is CC(=O)N[C@@]1(Cc2ccccc2)[C@H](O)O[C@H](CO)[C@@H](O)[C@@H]1O. The third-order valence-electron chi connectivity index (χ3n) is 3.90. The van der Waals surface area contributed by atoms with Gasteiger partial charge in [-0.05, 0) is 5.56 Å². The highest BCUT2D eigenvalue weighted by Crippen LogP contribution is 2.32. The summed E-state index contributed by atoms with van der Waals surface area (Å²) < 4.78 is 5.19. The zero-order valence-electron chi connectivity index (χ0n) is 12.2. The molecule has 5 atom stereocenters. The lowest BCUT2D eigenvalue weighted by atomic mass is 9.78. The van der Waals surface area contributed by atoms with Gasteiger partial charge in [0.25, 0.3) is 0 Å². The molecule has 1 aliphatic heterocycles. The first-order valence-corrected chi connectivity index (χ1v) is 7.04. The zero-order valence-corrected chi connectivity index (χ0v) is 12.2. The predicted octanol–water partition coefficient (Wildman–Crippen LogP) is -1.46. The predicted molar refractivity (Wildman–Crippen MR) is 76.7 cm³/mol. The first-order valence-electron chi connectivity index (χ1n) is 7.04. The van der Waals surface area contributed by atoms with Gasteiger partial charge < -0.3 is 30.5 Å². The van der Waals surface area contributed by atoms with Crippen molar-refractivity contribution >= 4 is 5.91 Å². The van der Waals surface area contributed by atoms with E-state index in [0.29, 0.717) is 0 Å². The van der Waals surface area contributed by atoms with Crippen molar-refractivity contribution in [3.63, 3.8) is 0 Å². The second-order valence-corrected chi connectivity index (χ2v) is 5.53. The molecule has 1 amide bonds. The van der Waals surface area contributed by atoms with Gasteiger partial charge in [-0.2, -0.15) is 0 Å². The van der Waals surface area contributed by atoms with Gasteiger partial charge in [0.05, 0.1) is 6.61 Å². The number of ether oxygens (including phenoxy) is 1. The van der Waals surface area contributed by atoms with Crippen LogP contribution < -0.4 is 5.32 Å².